The average Bonchev–Trinajstić information content (AvgIpc) is 2.96. The minimum atomic E-state index is -0.310. The molecule has 1 amide bonds. The Morgan fingerprint density at radius 2 is 1.77 bits per heavy atom. The molecule has 0 radical (unpaired) electrons. The number of aryl methyl sites for hydroxylation is 1. The molecule has 1 N–H and O–H groups in total. The third-order valence-electron chi connectivity index (χ3n) is 6.25. The van der Waals surface area contributed by atoms with Gasteiger partial charge in [-0.15, -0.1) is 0 Å². The van der Waals surface area contributed by atoms with Gasteiger partial charge >= 0.3 is 0 Å². The first-order valence-corrected chi connectivity index (χ1v) is 11.3. The zero-order chi connectivity index (χ0) is 21.1. The standard InChI is InChI=1S/C26H34N2O2/c1-19-8-13-22-23(17-26(2,3)30-24(22)16-19)27-25(29)21-11-9-20(10-12-21)18-28-14-6-4-5-7-15-28/h8-13,16,23H,4-7,14-15,17-18H2,1-3H3,(H,27,29)/t23-/m0/s1. The third kappa shape index (κ3) is 5.04. The van der Waals surface area contributed by atoms with Crippen LogP contribution in [0.15, 0.2) is 42.5 Å². The maximum Gasteiger partial charge on any atom is 0.251 e. The fourth-order valence-electron chi connectivity index (χ4n) is 4.64. The van der Waals surface area contributed by atoms with Crippen molar-refractivity contribution in [3.8, 4) is 5.75 Å². The van der Waals surface area contributed by atoms with E-state index in [0.29, 0.717) is 5.56 Å². The summed E-state index contributed by atoms with van der Waals surface area (Å²) in [4.78, 5) is 15.5. The molecular weight excluding hydrogens is 372 g/mol. The summed E-state index contributed by atoms with van der Waals surface area (Å²) in [6.45, 7) is 9.56. The molecule has 1 atom stereocenters. The van der Waals surface area contributed by atoms with E-state index in [1.54, 1.807) is 0 Å². The Hall–Kier alpha value is -2.33. The number of hydrogen-bond donors (Lipinski definition) is 1. The van der Waals surface area contributed by atoms with Crippen LogP contribution in [0.1, 0.15) is 79.0 Å². The smallest absolute Gasteiger partial charge is 0.251 e. The summed E-state index contributed by atoms with van der Waals surface area (Å²) in [7, 11) is 0. The second kappa shape index (κ2) is 8.81. The molecule has 0 aromatic heterocycles. The molecule has 0 aliphatic carbocycles. The molecule has 2 heterocycles. The lowest BCUT2D eigenvalue weighted by molar-refractivity contribution is 0.0619. The van der Waals surface area contributed by atoms with E-state index in [0.717, 1.165) is 29.8 Å². The van der Waals surface area contributed by atoms with E-state index < -0.39 is 0 Å². The molecule has 4 heteroatoms. The van der Waals surface area contributed by atoms with Crippen molar-refractivity contribution < 1.29 is 9.53 Å². The quantitative estimate of drug-likeness (QED) is 0.739. The summed E-state index contributed by atoms with van der Waals surface area (Å²) < 4.78 is 6.16. The molecule has 0 unspecified atom stereocenters. The van der Waals surface area contributed by atoms with Crippen molar-refractivity contribution in [3.05, 3.63) is 64.7 Å². The van der Waals surface area contributed by atoms with Crippen molar-refractivity contribution in [2.24, 2.45) is 0 Å². The maximum absolute atomic E-state index is 13.0. The van der Waals surface area contributed by atoms with E-state index >= 15 is 0 Å². The topological polar surface area (TPSA) is 41.6 Å². The second-order valence-electron chi connectivity index (χ2n) is 9.52. The molecule has 160 valence electrons. The Bertz CT molecular complexity index is 880. The van der Waals surface area contributed by atoms with E-state index in [1.807, 2.05) is 12.1 Å². The van der Waals surface area contributed by atoms with Crippen molar-refractivity contribution >= 4 is 5.91 Å². The summed E-state index contributed by atoms with van der Waals surface area (Å²) in [5, 5.41) is 3.25. The van der Waals surface area contributed by atoms with Crippen molar-refractivity contribution in [3.63, 3.8) is 0 Å². The second-order valence-corrected chi connectivity index (χ2v) is 9.52. The van der Waals surface area contributed by atoms with Crippen molar-refractivity contribution in [1.82, 2.24) is 10.2 Å². The molecule has 4 nitrogen and oxygen atoms in total. The number of hydrogen-bond acceptors (Lipinski definition) is 3. The minimum absolute atomic E-state index is 0.0226. The van der Waals surface area contributed by atoms with Crippen LogP contribution in [-0.4, -0.2) is 29.5 Å². The lowest BCUT2D eigenvalue weighted by atomic mass is 9.89. The Morgan fingerprint density at radius 3 is 2.47 bits per heavy atom. The van der Waals surface area contributed by atoms with Gasteiger partial charge < -0.3 is 10.1 Å². The summed E-state index contributed by atoms with van der Waals surface area (Å²) in [6, 6.07) is 14.3. The molecule has 2 aliphatic heterocycles. The first-order chi connectivity index (χ1) is 14.4. The number of benzene rings is 2. The van der Waals surface area contributed by atoms with Crippen molar-refractivity contribution in [2.75, 3.05) is 13.1 Å². The lowest BCUT2D eigenvalue weighted by Crippen LogP contribution is -2.41. The van der Waals surface area contributed by atoms with Crippen LogP contribution in [-0.2, 0) is 6.54 Å². The fourth-order valence-corrected chi connectivity index (χ4v) is 4.64. The highest BCUT2D eigenvalue weighted by Gasteiger charge is 2.34. The number of nitrogens with zero attached hydrogens (tertiary/aromatic N) is 1. The molecule has 0 saturated carbocycles. The monoisotopic (exact) mass is 406 g/mol. The van der Waals surface area contributed by atoms with Gasteiger partial charge in [0.25, 0.3) is 5.91 Å². The number of rotatable bonds is 4. The van der Waals surface area contributed by atoms with Gasteiger partial charge in [-0.25, -0.2) is 0 Å². The van der Waals surface area contributed by atoms with Gasteiger partial charge in [-0.3, -0.25) is 9.69 Å². The molecular formula is C26H34N2O2. The molecule has 1 saturated heterocycles. The highest BCUT2D eigenvalue weighted by molar-refractivity contribution is 5.94. The Balaban J connectivity index is 1.43. The highest BCUT2D eigenvalue weighted by atomic mass is 16.5. The maximum atomic E-state index is 13.0. The van der Waals surface area contributed by atoms with Crippen LogP contribution in [0.25, 0.3) is 0 Å². The normalized spacial score (nSPS) is 21.2. The zero-order valence-corrected chi connectivity index (χ0v) is 18.5. The van der Waals surface area contributed by atoms with Gasteiger partial charge in [0.15, 0.2) is 0 Å². The van der Waals surface area contributed by atoms with Crippen LogP contribution < -0.4 is 10.1 Å². The summed E-state index contributed by atoms with van der Waals surface area (Å²) in [5.74, 6) is 0.856. The molecule has 2 aromatic rings. The van der Waals surface area contributed by atoms with E-state index in [-0.39, 0.29) is 17.6 Å². The van der Waals surface area contributed by atoms with E-state index in [9.17, 15) is 4.79 Å². The number of likely N-dealkylation sites (tertiary alicyclic amines) is 1. The number of amides is 1. The number of nitrogens with one attached hydrogen (secondary N) is 1. The van der Waals surface area contributed by atoms with Crippen LogP contribution >= 0.6 is 0 Å². The third-order valence-corrected chi connectivity index (χ3v) is 6.25. The van der Waals surface area contributed by atoms with Crippen LogP contribution in [0, 0.1) is 6.92 Å². The Kier molecular flexibility index (Phi) is 6.14. The molecule has 4 rings (SSSR count). The van der Waals surface area contributed by atoms with Gasteiger partial charge in [0, 0.05) is 24.1 Å². The van der Waals surface area contributed by atoms with Crippen LogP contribution in [0.4, 0.5) is 0 Å². The largest absolute Gasteiger partial charge is 0.487 e. The van der Waals surface area contributed by atoms with E-state index in [4.69, 9.17) is 4.74 Å². The first-order valence-electron chi connectivity index (χ1n) is 11.3. The minimum Gasteiger partial charge on any atom is -0.487 e. The molecule has 0 spiro atoms. The first kappa shape index (κ1) is 20.9. The summed E-state index contributed by atoms with van der Waals surface area (Å²) >= 11 is 0. The van der Waals surface area contributed by atoms with Crippen molar-refractivity contribution in [2.45, 2.75) is 71.1 Å². The van der Waals surface area contributed by atoms with Gasteiger partial charge in [-0.05, 0) is 76.0 Å². The van der Waals surface area contributed by atoms with Gasteiger partial charge in [0.05, 0.1) is 6.04 Å². The van der Waals surface area contributed by atoms with E-state index in [2.05, 4.69) is 61.3 Å². The van der Waals surface area contributed by atoms with Crippen LogP contribution in [0.2, 0.25) is 0 Å². The zero-order valence-electron chi connectivity index (χ0n) is 18.5. The Morgan fingerprint density at radius 1 is 1.07 bits per heavy atom. The van der Waals surface area contributed by atoms with Gasteiger partial charge in [-0.2, -0.15) is 0 Å². The van der Waals surface area contributed by atoms with Gasteiger partial charge in [0.2, 0.25) is 0 Å². The van der Waals surface area contributed by atoms with Crippen molar-refractivity contribution in [1.29, 1.82) is 0 Å². The van der Waals surface area contributed by atoms with E-state index in [1.165, 1.54) is 44.3 Å². The Labute approximate surface area is 180 Å². The predicted molar refractivity (Wildman–Crippen MR) is 121 cm³/mol. The van der Waals surface area contributed by atoms with Crippen LogP contribution in [0.5, 0.6) is 5.75 Å². The predicted octanol–water partition coefficient (Wildman–Crippen LogP) is 5.40. The summed E-state index contributed by atoms with van der Waals surface area (Å²) in [6.07, 6.45) is 6.04. The number of ether oxygens (including phenoxy) is 1. The fraction of sp³-hybridized carbons (Fsp3) is 0.500. The number of carbonyl (C=O) groups is 1. The summed E-state index contributed by atoms with van der Waals surface area (Å²) in [5.41, 5.74) is 3.91. The highest BCUT2D eigenvalue weighted by Crippen LogP contribution is 2.40. The number of carbonyl (C=O) groups excluding carboxylic acids is 1. The van der Waals surface area contributed by atoms with Gasteiger partial charge in [0.1, 0.15) is 11.4 Å². The SMILES string of the molecule is Cc1ccc2c(c1)OC(C)(C)C[C@@H]2NC(=O)c1ccc(CN2CCCCCC2)cc1. The molecule has 0 bridgehead atoms. The average molecular weight is 407 g/mol. The molecule has 2 aliphatic rings. The van der Waals surface area contributed by atoms with Crippen LogP contribution in [0.3, 0.4) is 0 Å². The molecule has 2 aromatic carbocycles. The lowest BCUT2D eigenvalue weighted by Gasteiger charge is -2.38. The number of fused-ring (bicyclic) bond motifs is 1. The molecule has 1 fully saturated rings. The molecule has 30 heavy (non-hydrogen) atoms. The van der Waals surface area contributed by atoms with Gasteiger partial charge in [-0.1, -0.05) is 37.1 Å².